The molecule has 0 radical (unpaired) electrons. The maximum atomic E-state index is 12.9. The number of aromatic nitrogens is 2. The third-order valence-electron chi connectivity index (χ3n) is 4.44. The van der Waals surface area contributed by atoms with Gasteiger partial charge in [-0.25, -0.2) is 8.42 Å². The number of carbonyl (C=O) groups is 1. The standard InChI is InChI=1S/C18H18N4O5S2/c1-12-4-5-13(29(24,25)22-6-9-26-10-7-22)11-14(12)16(23)19-18-21-20-17(28-18)15-3-2-8-27-15/h2-5,8,11H,6-7,9-10H2,1H3,(H,19,21,23). The number of anilines is 1. The first kappa shape index (κ1) is 19.7. The van der Waals surface area contributed by atoms with Gasteiger partial charge in [-0.1, -0.05) is 17.4 Å². The van der Waals surface area contributed by atoms with Gasteiger partial charge in [-0.05, 0) is 36.8 Å². The Hall–Kier alpha value is -2.60. The van der Waals surface area contributed by atoms with E-state index >= 15 is 0 Å². The summed E-state index contributed by atoms with van der Waals surface area (Å²) in [5.74, 6) is 0.0986. The van der Waals surface area contributed by atoms with Crippen LogP contribution in [0.5, 0.6) is 0 Å². The molecule has 1 amide bonds. The lowest BCUT2D eigenvalue weighted by Gasteiger charge is -2.26. The van der Waals surface area contributed by atoms with Crippen LogP contribution in [0.1, 0.15) is 15.9 Å². The van der Waals surface area contributed by atoms with E-state index in [1.165, 1.54) is 22.7 Å². The van der Waals surface area contributed by atoms with Crippen molar-refractivity contribution in [2.24, 2.45) is 0 Å². The predicted molar refractivity (Wildman–Crippen MR) is 106 cm³/mol. The molecule has 2 aromatic heterocycles. The predicted octanol–water partition coefficient (Wildman–Crippen LogP) is 2.38. The number of sulfonamides is 1. The lowest BCUT2D eigenvalue weighted by Crippen LogP contribution is -2.40. The van der Waals surface area contributed by atoms with Crippen LogP contribution < -0.4 is 5.32 Å². The van der Waals surface area contributed by atoms with Crippen LogP contribution >= 0.6 is 11.3 Å². The fourth-order valence-corrected chi connectivity index (χ4v) is 5.02. The largest absolute Gasteiger partial charge is 0.462 e. The molecule has 4 rings (SSSR count). The van der Waals surface area contributed by atoms with Gasteiger partial charge in [0.2, 0.25) is 15.2 Å². The second kappa shape index (κ2) is 8.03. The van der Waals surface area contributed by atoms with Crippen LogP contribution in [-0.2, 0) is 14.8 Å². The molecule has 0 atom stereocenters. The smallest absolute Gasteiger partial charge is 0.257 e. The second-order valence-electron chi connectivity index (χ2n) is 6.34. The van der Waals surface area contributed by atoms with Gasteiger partial charge in [0.15, 0.2) is 10.8 Å². The van der Waals surface area contributed by atoms with Crippen LogP contribution in [0.15, 0.2) is 45.9 Å². The lowest BCUT2D eigenvalue weighted by molar-refractivity contribution is 0.0730. The van der Waals surface area contributed by atoms with Gasteiger partial charge in [-0.3, -0.25) is 10.1 Å². The number of benzene rings is 1. The average molecular weight is 434 g/mol. The fraction of sp³-hybridized carbons (Fsp3) is 0.278. The van der Waals surface area contributed by atoms with E-state index in [0.29, 0.717) is 34.7 Å². The molecule has 152 valence electrons. The van der Waals surface area contributed by atoms with Crippen molar-refractivity contribution >= 4 is 32.4 Å². The maximum Gasteiger partial charge on any atom is 0.257 e. The molecule has 0 spiro atoms. The molecule has 1 saturated heterocycles. The van der Waals surface area contributed by atoms with E-state index in [1.54, 1.807) is 25.1 Å². The van der Waals surface area contributed by atoms with Crippen molar-refractivity contribution in [3.05, 3.63) is 47.7 Å². The highest BCUT2D eigenvalue weighted by atomic mass is 32.2. The van der Waals surface area contributed by atoms with E-state index in [0.717, 1.165) is 11.3 Å². The Morgan fingerprint density at radius 2 is 2.00 bits per heavy atom. The van der Waals surface area contributed by atoms with Gasteiger partial charge >= 0.3 is 0 Å². The first-order valence-corrected chi connectivity index (χ1v) is 11.1. The highest BCUT2D eigenvalue weighted by Crippen LogP contribution is 2.27. The number of ether oxygens (including phenoxy) is 1. The summed E-state index contributed by atoms with van der Waals surface area (Å²) in [7, 11) is -3.70. The van der Waals surface area contributed by atoms with E-state index in [2.05, 4.69) is 15.5 Å². The van der Waals surface area contributed by atoms with Crippen LogP contribution in [0.4, 0.5) is 5.13 Å². The molecule has 1 fully saturated rings. The molecule has 1 aromatic carbocycles. The van der Waals surface area contributed by atoms with Gasteiger partial charge in [0, 0.05) is 18.7 Å². The zero-order chi connectivity index (χ0) is 20.4. The Morgan fingerprint density at radius 3 is 2.72 bits per heavy atom. The van der Waals surface area contributed by atoms with Gasteiger partial charge in [-0.2, -0.15) is 4.31 Å². The summed E-state index contributed by atoms with van der Waals surface area (Å²) in [5.41, 5.74) is 0.910. The first-order valence-electron chi connectivity index (χ1n) is 8.82. The van der Waals surface area contributed by atoms with Crippen molar-refractivity contribution in [1.82, 2.24) is 14.5 Å². The van der Waals surface area contributed by atoms with Gasteiger partial charge in [0.25, 0.3) is 5.91 Å². The number of hydrogen-bond donors (Lipinski definition) is 1. The lowest BCUT2D eigenvalue weighted by atomic mass is 10.1. The molecule has 3 heterocycles. The van der Waals surface area contributed by atoms with Crippen molar-refractivity contribution in [1.29, 1.82) is 0 Å². The molecule has 0 aliphatic carbocycles. The molecule has 11 heteroatoms. The Morgan fingerprint density at radius 1 is 1.21 bits per heavy atom. The SMILES string of the molecule is Cc1ccc(S(=O)(=O)N2CCOCC2)cc1C(=O)Nc1nnc(-c2ccco2)s1. The van der Waals surface area contributed by atoms with Gasteiger partial charge in [0.1, 0.15) is 0 Å². The minimum Gasteiger partial charge on any atom is -0.462 e. The van der Waals surface area contributed by atoms with Crippen LogP contribution in [0.25, 0.3) is 10.8 Å². The first-order chi connectivity index (χ1) is 13.9. The molecule has 0 unspecified atom stereocenters. The summed E-state index contributed by atoms with van der Waals surface area (Å²) in [5, 5.41) is 11.4. The molecule has 1 aliphatic rings. The third kappa shape index (κ3) is 4.08. The Balaban J connectivity index is 1.56. The summed E-state index contributed by atoms with van der Waals surface area (Å²) < 4.78 is 37.6. The number of nitrogens with zero attached hydrogens (tertiary/aromatic N) is 3. The Bertz CT molecular complexity index is 1120. The molecule has 1 N–H and O–H groups in total. The molecule has 3 aromatic rings. The number of carbonyl (C=O) groups excluding carboxylic acids is 1. The zero-order valence-corrected chi connectivity index (χ0v) is 17.1. The number of hydrogen-bond acceptors (Lipinski definition) is 8. The van der Waals surface area contributed by atoms with Crippen LogP contribution in [0.3, 0.4) is 0 Å². The Labute approximate surface area is 171 Å². The number of morpholine rings is 1. The minimum atomic E-state index is -3.70. The van der Waals surface area contributed by atoms with Gasteiger partial charge < -0.3 is 9.15 Å². The third-order valence-corrected chi connectivity index (χ3v) is 7.19. The highest BCUT2D eigenvalue weighted by molar-refractivity contribution is 7.89. The summed E-state index contributed by atoms with van der Waals surface area (Å²) in [4.78, 5) is 12.8. The second-order valence-corrected chi connectivity index (χ2v) is 9.25. The van der Waals surface area contributed by atoms with Crippen LogP contribution in [0.2, 0.25) is 0 Å². The fourth-order valence-electron chi connectivity index (χ4n) is 2.88. The van der Waals surface area contributed by atoms with Crippen LogP contribution in [0, 0.1) is 6.92 Å². The zero-order valence-electron chi connectivity index (χ0n) is 15.5. The molecular weight excluding hydrogens is 416 g/mol. The average Bonchev–Trinajstić information content (AvgIpc) is 3.40. The molecular formula is C18H18N4O5S2. The monoisotopic (exact) mass is 434 g/mol. The van der Waals surface area contributed by atoms with Crippen molar-refractivity contribution in [3.63, 3.8) is 0 Å². The molecule has 9 nitrogen and oxygen atoms in total. The van der Waals surface area contributed by atoms with Crippen molar-refractivity contribution in [2.45, 2.75) is 11.8 Å². The van der Waals surface area contributed by atoms with Gasteiger partial charge in [-0.15, -0.1) is 10.2 Å². The topological polar surface area (TPSA) is 115 Å². The van der Waals surface area contributed by atoms with Crippen LogP contribution in [-0.4, -0.2) is 55.1 Å². The van der Waals surface area contributed by atoms with Crippen molar-refractivity contribution in [2.75, 3.05) is 31.6 Å². The highest BCUT2D eigenvalue weighted by Gasteiger charge is 2.27. The van der Waals surface area contributed by atoms with Crippen molar-refractivity contribution < 1.29 is 22.4 Å². The van der Waals surface area contributed by atoms with Crippen molar-refractivity contribution in [3.8, 4) is 10.8 Å². The quantitative estimate of drug-likeness (QED) is 0.656. The van der Waals surface area contributed by atoms with Gasteiger partial charge in [0.05, 0.1) is 24.4 Å². The minimum absolute atomic E-state index is 0.0729. The van der Waals surface area contributed by atoms with E-state index < -0.39 is 15.9 Å². The number of nitrogens with one attached hydrogen (secondary N) is 1. The van der Waals surface area contributed by atoms with E-state index in [9.17, 15) is 13.2 Å². The van der Waals surface area contributed by atoms with E-state index in [-0.39, 0.29) is 23.5 Å². The molecule has 0 saturated carbocycles. The summed E-state index contributed by atoms with van der Waals surface area (Å²) in [6, 6.07) is 8.01. The summed E-state index contributed by atoms with van der Waals surface area (Å²) in [6.07, 6.45) is 1.53. The molecule has 29 heavy (non-hydrogen) atoms. The number of amides is 1. The number of rotatable bonds is 5. The molecule has 1 aliphatic heterocycles. The number of aryl methyl sites for hydroxylation is 1. The van der Waals surface area contributed by atoms with E-state index in [4.69, 9.17) is 9.15 Å². The normalized spacial score (nSPS) is 15.3. The maximum absolute atomic E-state index is 12.9. The van der Waals surface area contributed by atoms with E-state index in [1.807, 2.05) is 0 Å². The summed E-state index contributed by atoms with van der Waals surface area (Å²) >= 11 is 1.16. The summed E-state index contributed by atoms with van der Waals surface area (Å²) in [6.45, 7) is 3.03. The Kier molecular flexibility index (Phi) is 5.46. The molecule has 0 bridgehead atoms. The number of furan rings is 1.